The van der Waals surface area contributed by atoms with E-state index in [1.165, 1.54) is 0 Å². The van der Waals surface area contributed by atoms with Gasteiger partial charge in [-0.25, -0.2) is 4.98 Å². The Hall–Kier alpha value is -2.37. The molecule has 6 nitrogen and oxygen atoms in total. The summed E-state index contributed by atoms with van der Waals surface area (Å²) in [4.78, 5) is 8.25. The number of anilines is 1. The largest absolute Gasteiger partial charge is 0.472 e. The number of nitrogen functional groups attached to an aromatic ring is 1. The minimum Gasteiger partial charge on any atom is -0.472 e. The molecule has 3 aromatic heterocycles. The van der Waals surface area contributed by atoms with Crippen molar-refractivity contribution >= 4 is 11.6 Å². The number of hydrogen-bond donors (Lipinski definition) is 1. The van der Waals surface area contributed by atoms with Crippen molar-refractivity contribution in [3.8, 4) is 11.4 Å². The lowest BCUT2D eigenvalue weighted by Gasteiger charge is -1.97. The molecule has 6 heteroatoms. The van der Waals surface area contributed by atoms with E-state index in [0.29, 0.717) is 11.5 Å². The molecule has 0 aromatic carbocycles. The van der Waals surface area contributed by atoms with Crippen molar-refractivity contribution in [3.63, 3.8) is 0 Å². The van der Waals surface area contributed by atoms with Crippen LogP contribution in [0, 0.1) is 0 Å². The van der Waals surface area contributed by atoms with E-state index in [0.717, 1.165) is 5.56 Å². The summed E-state index contributed by atoms with van der Waals surface area (Å²) in [5.41, 5.74) is 7.02. The highest BCUT2D eigenvalue weighted by molar-refractivity contribution is 5.57. The summed E-state index contributed by atoms with van der Waals surface area (Å²) in [6.07, 6.45) is 4.83. The van der Waals surface area contributed by atoms with Gasteiger partial charge in [0.1, 0.15) is 6.26 Å². The lowest BCUT2D eigenvalue weighted by atomic mass is 10.3. The van der Waals surface area contributed by atoms with E-state index in [1.54, 1.807) is 35.4 Å². The fourth-order valence-corrected chi connectivity index (χ4v) is 1.42. The maximum atomic E-state index is 5.52. The van der Waals surface area contributed by atoms with Crippen molar-refractivity contribution in [2.45, 2.75) is 0 Å². The fourth-order valence-electron chi connectivity index (χ4n) is 1.42. The second-order valence-corrected chi connectivity index (χ2v) is 3.02. The third kappa shape index (κ3) is 1.15. The van der Waals surface area contributed by atoms with Gasteiger partial charge in [0.05, 0.1) is 11.8 Å². The molecule has 3 aromatic rings. The van der Waals surface area contributed by atoms with E-state index < -0.39 is 0 Å². The summed E-state index contributed by atoms with van der Waals surface area (Å²) in [5.74, 6) is 0.887. The molecule has 3 heterocycles. The van der Waals surface area contributed by atoms with Crippen molar-refractivity contribution in [3.05, 3.63) is 30.9 Å². The quantitative estimate of drug-likeness (QED) is 0.634. The number of hydrogen-bond acceptors (Lipinski definition) is 5. The van der Waals surface area contributed by atoms with Crippen molar-refractivity contribution in [2.24, 2.45) is 0 Å². The molecule has 0 amide bonds. The van der Waals surface area contributed by atoms with Gasteiger partial charge in [-0.05, 0) is 6.07 Å². The van der Waals surface area contributed by atoms with Crippen LogP contribution in [-0.4, -0.2) is 19.6 Å². The molecule has 0 unspecified atom stereocenters. The van der Waals surface area contributed by atoms with Crippen LogP contribution in [-0.2, 0) is 0 Å². The van der Waals surface area contributed by atoms with E-state index in [2.05, 4.69) is 15.1 Å². The smallest absolute Gasteiger partial charge is 0.240 e. The molecule has 0 aliphatic heterocycles. The van der Waals surface area contributed by atoms with Gasteiger partial charge in [-0.3, -0.25) is 0 Å². The van der Waals surface area contributed by atoms with Crippen LogP contribution < -0.4 is 5.73 Å². The van der Waals surface area contributed by atoms with Crippen LogP contribution in [0.5, 0.6) is 0 Å². The summed E-state index contributed by atoms with van der Waals surface area (Å²) in [6, 6.07) is 3.55. The Balaban J connectivity index is 2.35. The number of nitrogens with two attached hydrogens (primary N) is 1. The number of furan rings is 1. The molecule has 0 radical (unpaired) electrons. The predicted molar refractivity (Wildman–Crippen MR) is 52.9 cm³/mol. The molecule has 0 atom stereocenters. The van der Waals surface area contributed by atoms with Gasteiger partial charge in [0, 0.05) is 12.3 Å². The van der Waals surface area contributed by atoms with E-state index in [4.69, 9.17) is 10.2 Å². The Bertz CT molecular complexity index is 598. The zero-order chi connectivity index (χ0) is 10.3. The molecule has 0 saturated carbocycles. The number of rotatable bonds is 1. The Kier molecular flexibility index (Phi) is 1.49. The first-order chi connectivity index (χ1) is 7.34. The first-order valence-corrected chi connectivity index (χ1v) is 4.34. The molecule has 0 bridgehead atoms. The first kappa shape index (κ1) is 7.98. The minimum absolute atomic E-state index is 0.229. The van der Waals surface area contributed by atoms with E-state index in [1.807, 2.05) is 0 Å². The summed E-state index contributed by atoms with van der Waals surface area (Å²) < 4.78 is 6.58. The minimum atomic E-state index is 0.229. The average molecular weight is 201 g/mol. The monoisotopic (exact) mass is 201 g/mol. The summed E-state index contributed by atoms with van der Waals surface area (Å²) in [6.45, 7) is 0. The molecular formula is C9H7N5O. The highest BCUT2D eigenvalue weighted by Crippen LogP contribution is 2.17. The summed E-state index contributed by atoms with van der Waals surface area (Å²) >= 11 is 0. The molecule has 0 aliphatic rings. The second-order valence-electron chi connectivity index (χ2n) is 3.02. The highest BCUT2D eigenvalue weighted by atomic mass is 16.3. The SMILES string of the molecule is Nc1nc2ccnc(-c3ccoc3)n2n1. The highest BCUT2D eigenvalue weighted by Gasteiger charge is 2.08. The zero-order valence-electron chi connectivity index (χ0n) is 7.66. The first-order valence-electron chi connectivity index (χ1n) is 4.34. The van der Waals surface area contributed by atoms with Crippen LogP contribution in [0.4, 0.5) is 5.95 Å². The molecule has 0 fully saturated rings. The van der Waals surface area contributed by atoms with Crippen molar-refractivity contribution in [1.29, 1.82) is 0 Å². The molecule has 0 spiro atoms. The lowest BCUT2D eigenvalue weighted by Crippen LogP contribution is -1.96. The maximum Gasteiger partial charge on any atom is 0.240 e. The summed E-state index contributed by atoms with van der Waals surface area (Å²) in [5, 5.41) is 4.05. The normalized spacial score (nSPS) is 10.9. The van der Waals surface area contributed by atoms with Gasteiger partial charge in [0.25, 0.3) is 0 Å². The van der Waals surface area contributed by atoms with Crippen LogP contribution >= 0.6 is 0 Å². The number of aromatic nitrogens is 4. The van der Waals surface area contributed by atoms with Gasteiger partial charge in [0.2, 0.25) is 5.95 Å². The van der Waals surface area contributed by atoms with Gasteiger partial charge < -0.3 is 10.2 Å². The third-order valence-electron chi connectivity index (χ3n) is 2.05. The Morgan fingerprint density at radius 3 is 3.07 bits per heavy atom. The van der Waals surface area contributed by atoms with Gasteiger partial charge in [-0.15, -0.1) is 5.10 Å². The van der Waals surface area contributed by atoms with Gasteiger partial charge in [-0.2, -0.15) is 9.50 Å². The van der Waals surface area contributed by atoms with E-state index in [9.17, 15) is 0 Å². The molecular weight excluding hydrogens is 194 g/mol. The van der Waals surface area contributed by atoms with Gasteiger partial charge >= 0.3 is 0 Å². The molecule has 74 valence electrons. The fraction of sp³-hybridized carbons (Fsp3) is 0. The van der Waals surface area contributed by atoms with Crippen LogP contribution in [0.2, 0.25) is 0 Å². The van der Waals surface area contributed by atoms with E-state index >= 15 is 0 Å². The zero-order valence-corrected chi connectivity index (χ0v) is 7.66. The maximum absolute atomic E-state index is 5.52. The second kappa shape index (κ2) is 2.81. The molecule has 2 N–H and O–H groups in total. The summed E-state index contributed by atoms with van der Waals surface area (Å²) in [7, 11) is 0. The van der Waals surface area contributed by atoms with Gasteiger partial charge in [0.15, 0.2) is 11.5 Å². The van der Waals surface area contributed by atoms with Crippen LogP contribution in [0.1, 0.15) is 0 Å². The number of nitrogens with zero attached hydrogens (tertiary/aromatic N) is 4. The Labute approximate surface area is 84.4 Å². The number of fused-ring (bicyclic) bond motifs is 1. The van der Waals surface area contributed by atoms with Crippen molar-refractivity contribution in [2.75, 3.05) is 5.73 Å². The molecule has 0 aliphatic carbocycles. The van der Waals surface area contributed by atoms with E-state index in [-0.39, 0.29) is 5.95 Å². The standard InChI is InChI=1S/C9H7N5O/c10-9-12-7-1-3-11-8(14(7)13-9)6-2-4-15-5-6/h1-5H,(H2,10,13). The van der Waals surface area contributed by atoms with Crippen LogP contribution in [0.25, 0.3) is 17.0 Å². The predicted octanol–water partition coefficient (Wildman–Crippen LogP) is 0.966. The topological polar surface area (TPSA) is 82.2 Å². The van der Waals surface area contributed by atoms with Crippen LogP contribution in [0.15, 0.2) is 35.3 Å². The average Bonchev–Trinajstić information content (AvgIpc) is 2.82. The molecule has 0 saturated heterocycles. The third-order valence-corrected chi connectivity index (χ3v) is 2.05. The lowest BCUT2D eigenvalue weighted by molar-refractivity contribution is 0.567. The van der Waals surface area contributed by atoms with Gasteiger partial charge in [-0.1, -0.05) is 0 Å². The molecule has 3 rings (SSSR count). The Morgan fingerprint density at radius 1 is 1.33 bits per heavy atom. The molecule has 15 heavy (non-hydrogen) atoms. The van der Waals surface area contributed by atoms with Crippen molar-refractivity contribution in [1.82, 2.24) is 19.6 Å². The Morgan fingerprint density at radius 2 is 2.27 bits per heavy atom. The van der Waals surface area contributed by atoms with Crippen molar-refractivity contribution < 1.29 is 4.42 Å². The van der Waals surface area contributed by atoms with Crippen LogP contribution in [0.3, 0.4) is 0 Å².